The van der Waals surface area contributed by atoms with Crippen LogP contribution in [0.1, 0.15) is 27.7 Å². The molecule has 0 aromatic heterocycles. The van der Waals surface area contributed by atoms with Crippen LogP contribution < -0.4 is 0 Å². The maximum Gasteiger partial charge on any atom is 0.346 e. The van der Waals surface area contributed by atoms with Crippen LogP contribution in [-0.2, 0) is 31.4 Å². The smallest absolute Gasteiger partial charge is 0.346 e. The molecule has 2 aliphatic carbocycles. The number of rotatable bonds is 1. The number of cyclic esters (lactones) is 2. The minimum absolute atomic E-state index is 0. The van der Waals surface area contributed by atoms with Crippen LogP contribution in [0.2, 0.25) is 0 Å². The van der Waals surface area contributed by atoms with E-state index in [9.17, 15) is 9.59 Å². The van der Waals surface area contributed by atoms with Crippen LogP contribution in [0.5, 0.6) is 0 Å². The number of carbonyl (C=O) groups is 2. The molecular formula is C20H20FeO3. The van der Waals surface area contributed by atoms with Gasteiger partial charge in [0.25, 0.3) is 0 Å². The Kier molecular flexibility index (Phi) is 8.45. The molecule has 0 N–H and O–H groups in total. The number of hydrogen-bond acceptors (Lipinski definition) is 3. The second-order valence-corrected chi connectivity index (χ2v) is 5.69. The van der Waals surface area contributed by atoms with Gasteiger partial charge in [-0.1, -0.05) is 18.1 Å². The summed E-state index contributed by atoms with van der Waals surface area (Å²) in [5.74, 6) is 0.986. The van der Waals surface area contributed by atoms with E-state index in [0.29, 0.717) is 11.1 Å². The molecule has 0 bridgehead atoms. The molecule has 4 heteroatoms. The van der Waals surface area contributed by atoms with Gasteiger partial charge in [0.15, 0.2) is 0 Å². The molecule has 1 saturated heterocycles. The first-order valence-electron chi connectivity index (χ1n) is 7.47. The molecule has 3 rings (SSSR count). The molecule has 24 heavy (non-hydrogen) atoms. The summed E-state index contributed by atoms with van der Waals surface area (Å²) in [5, 5.41) is 0. The third-order valence-corrected chi connectivity index (χ3v) is 3.62. The molecule has 0 aromatic carbocycles. The Morgan fingerprint density at radius 2 is 1.33 bits per heavy atom. The van der Waals surface area contributed by atoms with Gasteiger partial charge in [-0.3, -0.25) is 0 Å². The van der Waals surface area contributed by atoms with Crippen molar-refractivity contribution in [1.29, 1.82) is 0 Å². The summed E-state index contributed by atoms with van der Waals surface area (Å²) in [6, 6.07) is 0. The Morgan fingerprint density at radius 1 is 0.833 bits per heavy atom. The van der Waals surface area contributed by atoms with E-state index in [1.54, 1.807) is 13.8 Å². The van der Waals surface area contributed by atoms with E-state index >= 15 is 0 Å². The Hall–Kier alpha value is -0.861. The molecule has 126 valence electrons. The number of hydrogen-bond donors (Lipinski definition) is 0. The van der Waals surface area contributed by atoms with Crippen LogP contribution in [0.3, 0.4) is 0 Å². The van der Waals surface area contributed by atoms with Crippen LogP contribution in [-0.4, -0.2) is 11.9 Å². The molecule has 3 nitrogen and oxygen atoms in total. The van der Waals surface area contributed by atoms with E-state index in [2.05, 4.69) is 0 Å². The monoisotopic (exact) mass is 364 g/mol. The van der Waals surface area contributed by atoms with Gasteiger partial charge in [0.2, 0.25) is 0 Å². The zero-order valence-corrected chi connectivity index (χ0v) is 15.3. The summed E-state index contributed by atoms with van der Waals surface area (Å²) in [5.41, 5.74) is 2.38. The molecule has 1 heterocycles. The summed E-state index contributed by atoms with van der Waals surface area (Å²) < 4.78 is 4.70. The van der Waals surface area contributed by atoms with Gasteiger partial charge in [-0.2, -0.15) is 0 Å². The van der Waals surface area contributed by atoms with Gasteiger partial charge < -0.3 is 4.74 Å². The standard InChI is InChI=1S/C15H15O3.C5H5.Fe/c1-8(2)12-13(15(17)18-14(12)16)10(4)11-6-5-9(3)7-11;1-2-4-5-3-1;/h5-7H,1-4H3;1-5H;/b13-10-;;. The van der Waals surface area contributed by atoms with Gasteiger partial charge >= 0.3 is 11.9 Å². The van der Waals surface area contributed by atoms with Crippen LogP contribution in [0.4, 0.5) is 0 Å². The van der Waals surface area contributed by atoms with Crippen LogP contribution in [0.15, 0.2) is 22.3 Å². The fourth-order valence-electron chi connectivity index (χ4n) is 2.45. The van der Waals surface area contributed by atoms with Crippen LogP contribution in [0, 0.1) is 63.2 Å². The summed E-state index contributed by atoms with van der Waals surface area (Å²) in [4.78, 5) is 23.4. The van der Waals surface area contributed by atoms with Crippen molar-refractivity contribution in [3.63, 3.8) is 0 Å². The largest absolute Gasteiger partial charge is 0.386 e. The number of carbonyl (C=O) groups excluding carboxylic acids is 2. The summed E-state index contributed by atoms with van der Waals surface area (Å²) in [6.45, 7) is 7.44. The van der Waals surface area contributed by atoms with E-state index in [1.165, 1.54) is 0 Å². The molecule has 3 aliphatic rings. The molecule has 0 atom stereocenters. The topological polar surface area (TPSA) is 43.4 Å². The van der Waals surface area contributed by atoms with Crippen LogP contribution >= 0.6 is 0 Å². The van der Waals surface area contributed by atoms with E-state index in [4.69, 9.17) is 4.74 Å². The average molecular weight is 364 g/mol. The molecule has 3 fully saturated rings. The third kappa shape index (κ3) is 5.07. The van der Waals surface area contributed by atoms with Crippen molar-refractivity contribution in [2.45, 2.75) is 27.7 Å². The fourth-order valence-corrected chi connectivity index (χ4v) is 2.45. The number of esters is 2. The molecule has 1 aliphatic heterocycles. The van der Waals surface area contributed by atoms with Gasteiger partial charge in [-0.15, -0.1) is 0 Å². The van der Waals surface area contributed by atoms with E-state index in [1.807, 2.05) is 65.2 Å². The first-order valence-corrected chi connectivity index (χ1v) is 7.47. The Morgan fingerprint density at radius 3 is 1.75 bits per heavy atom. The van der Waals surface area contributed by atoms with Crippen molar-refractivity contribution < 1.29 is 31.4 Å². The molecule has 0 amide bonds. The normalized spacial score (nSPS) is 23.6. The summed E-state index contributed by atoms with van der Waals surface area (Å²) >= 11 is 0. The second-order valence-electron chi connectivity index (χ2n) is 5.69. The van der Waals surface area contributed by atoms with Crippen molar-refractivity contribution in [2.75, 3.05) is 0 Å². The van der Waals surface area contributed by atoms with Gasteiger partial charge in [-0.05, 0) is 78.1 Å². The molecule has 0 unspecified atom stereocenters. The summed E-state index contributed by atoms with van der Waals surface area (Å²) in [7, 11) is 0. The molecule has 2 saturated carbocycles. The van der Waals surface area contributed by atoms with Crippen molar-refractivity contribution in [2.24, 2.45) is 0 Å². The Labute approximate surface area is 156 Å². The van der Waals surface area contributed by atoms with Crippen molar-refractivity contribution >= 4 is 11.9 Å². The Bertz CT molecular complexity index is 529. The first-order chi connectivity index (χ1) is 10.9. The average Bonchev–Trinajstić information content (AvgIpc) is 3.20. The maximum atomic E-state index is 11.8. The number of allylic oxidation sites excluding steroid dienone is 2. The number of ether oxygens (including phenoxy) is 1. The summed E-state index contributed by atoms with van der Waals surface area (Å²) in [6.07, 6.45) is 15.9. The fraction of sp³-hybridized carbons (Fsp3) is 0.200. The van der Waals surface area contributed by atoms with Gasteiger partial charge in [0, 0.05) is 23.0 Å². The third-order valence-electron chi connectivity index (χ3n) is 3.62. The maximum absolute atomic E-state index is 11.8. The SMILES string of the molecule is C[C]1[CH][CH][C](/C(C)=C2\C(=O)OC(=O)C2=C(C)C)[CH]1.[CH]1[CH][CH][CH][CH]1.[Fe]. The second kappa shape index (κ2) is 9.58. The zero-order valence-electron chi connectivity index (χ0n) is 14.2. The van der Waals surface area contributed by atoms with Gasteiger partial charge in [0.05, 0.1) is 11.1 Å². The molecular weight excluding hydrogens is 344 g/mol. The minimum Gasteiger partial charge on any atom is -0.386 e. The van der Waals surface area contributed by atoms with E-state index < -0.39 is 11.9 Å². The van der Waals surface area contributed by atoms with Crippen molar-refractivity contribution in [1.82, 2.24) is 0 Å². The van der Waals surface area contributed by atoms with Crippen LogP contribution in [0.25, 0.3) is 0 Å². The molecule has 10 radical (unpaired) electrons. The quantitative estimate of drug-likeness (QED) is 0.309. The van der Waals surface area contributed by atoms with E-state index in [0.717, 1.165) is 23.0 Å². The van der Waals surface area contributed by atoms with Gasteiger partial charge in [-0.25, -0.2) is 9.59 Å². The minimum atomic E-state index is -0.549. The predicted octanol–water partition coefficient (Wildman–Crippen LogP) is 3.54. The van der Waals surface area contributed by atoms with E-state index in [-0.39, 0.29) is 17.1 Å². The van der Waals surface area contributed by atoms with Gasteiger partial charge in [0.1, 0.15) is 0 Å². The van der Waals surface area contributed by atoms with Crippen molar-refractivity contribution in [3.05, 3.63) is 85.5 Å². The zero-order chi connectivity index (χ0) is 17.0. The molecule has 0 aromatic rings. The first kappa shape index (κ1) is 21.2. The molecule has 0 spiro atoms. The Balaban J connectivity index is 0.000000412. The predicted molar refractivity (Wildman–Crippen MR) is 88.7 cm³/mol. The van der Waals surface area contributed by atoms with Crippen molar-refractivity contribution in [3.8, 4) is 0 Å².